The molecule has 7 nitrogen and oxygen atoms in total. The third kappa shape index (κ3) is 4.25. The van der Waals surface area contributed by atoms with Crippen LogP contribution in [0.1, 0.15) is 23.5 Å². The lowest BCUT2D eigenvalue weighted by atomic mass is 9.80. The molecular weight excluding hydrogens is 446 g/mol. The average Bonchev–Trinajstić information content (AvgIpc) is 3.29. The Bertz CT molecular complexity index is 1050. The molecule has 34 heavy (non-hydrogen) atoms. The highest BCUT2D eigenvalue weighted by Crippen LogP contribution is 2.40. The molecule has 2 fully saturated rings. The van der Waals surface area contributed by atoms with Crippen LogP contribution in [0.2, 0.25) is 0 Å². The van der Waals surface area contributed by atoms with Crippen molar-refractivity contribution in [1.82, 2.24) is 9.80 Å². The Kier molecular flexibility index (Phi) is 6.86. The molecule has 4 atom stereocenters. The first-order valence-corrected chi connectivity index (χ1v) is 11.2. The van der Waals surface area contributed by atoms with E-state index in [0.29, 0.717) is 13.0 Å². The van der Waals surface area contributed by atoms with E-state index in [1.54, 1.807) is 19.1 Å². The molecule has 0 bridgehead atoms. The van der Waals surface area contributed by atoms with Crippen LogP contribution in [0.3, 0.4) is 0 Å². The van der Waals surface area contributed by atoms with Crippen LogP contribution in [0.15, 0.2) is 48.5 Å². The van der Waals surface area contributed by atoms with Crippen LogP contribution in [0.25, 0.3) is 0 Å². The van der Waals surface area contributed by atoms with Crippen molar-refractivity contribution in [1.29, 1.82) is 0 Å². The van der Waals surface area contributed by atoms with E-state index in [1.165, 1.54) is 6.07 Å². The van der Waals surface area contributed by atoms with Gasteiger partial charge in [0.1, 0.15) is 23.3 Å². The van der Waals surface area contributed by atoms with Crippen LogP contribution in [0.4, 0.5) is 13.6 Å². The predicted octanol–water partition coefficient (Wildman–Crippen LogP) is 3.45. The minimum Gasteiger partial charge on any atom is -0.465 e. The van der Waals surface area contributed by atoms with Crippen LogP contribution in [0.5, 0.6) is 0 Å². The topological polar surface area (TPSA) is 79.3 Å². The summed E-state index contributed by atoms with van der Waals surface area (Å²) < 4.78 is 39.8. The van der Waals surface area contributed by atoms with Gasteiger partial charge in [0, 0.05) is 52.3 Å². The lowest BCUT2D eigenvalue weighted by Gasteiger charge is -2.47. The Morgan fingerprint density at radius 1 is 1.03 bits per heavy atom. The molecule has 0 saturated carbocycles. The molecule has 182 valence electrons. The van der Waals surface area contributed by atoms with Gasteiger partial charge in [-0.2, -0.15) is 0 Å². The molecule has 2 saturated heterocycles. The average molecular weight is 475 g/mol. The summed E-state index contributed by atoms with van der Waals surface area (Å²) in [7, 11) is 3.18. The number of likely N-dealkylation sites (tertiary alicyclic amines) is 2. The highest BCUT2D eigenvalue weighted by molar-refractivity contribution is 5.82. The van der Waals surface area contributed by atoms with E-state index < -0.39 is 41.3 Å². The van der Waals surface area contributed by atoms with Gasteiger partial charge in [0.25, 0.3) is 0 Å². The first kappa shape index (κ1) is 24.1. The lowest BCUT2D eigenvalue weighted by molar-refractivity contribution is -0.170. The van der Waals surface area contributed by atoms with E-state index in [-0.39, 0.29) is 31.1 Å². The monoisotopic (exact) mass is 474 g/mol. The summed E-state index contributed by atoms with van der Waals surface area (Å²) in [5.41, 5.74) is 0.345. The number of hydrogen-bond donors (Lipinski definition) is 1. The summed E-state index contributed by atoms with van der Waals surface area (Å²) >= 11 is 0. The maximum absolute atomic E-state index is 14.6. The number of carbonyl (C=O) groups excluding carboxylic acids is 1. The number of halogens is 2. The third-order valence-electron chi connectivity index (χ3n) is 7.15. The predicted molar refractivity (Wildman–Crippen MR) is 119 cm³/mol. The molecule has 1 N–H and O–H groups in total. The number of amides is 2. The van der Waals surface area contributed by atoms with Gasteiger partial charge < -0.3 is 24.4 Å². The van der Waals surface area contributed by atoms with Gasteiger partial charge in [-0.1, -0.05) is 36.4 Å². The number of piperidine rings is 1. The molecule has 2 aromatic carbocycles. The van der Waals surface area contributed by atoms with Crippen LogP contribution in [-0.2, 0) is 19.9 Å². The highest BCUT2D eigenvalue weighted by Gasteiger charge is 2.49. The number of benzene rings is 2. The van der Waals surface area contributed by atoms with Crippen molar-refractivity contribution in [3.8, 4) is 0 Å². The molecule has 2 aliphatic rings. The maximum atomic E-state index is 14.6. The van der Waals surface area contributed by atoms with Crippen molar-refractivity contribution in [3.05, 3.63) is 71.3 Å². The normalized spacial score (nSPS) is 27.1. The largest absolute Gasteiger partial charge is 0.465 e. The second-order valence-electron chi connectivity index (χ2n) is 8.78. The van der Waals surface area contributed by atoms with E-state index in [1.807, 2.05) is 30.3 Å². The summed E-state index contributed by atoms with van der Waals surface area (Å²) in [6.07, 6.45) is -1.17. The van der Waals surface area contributed by atoms with Crippen molar-refractivity contribution < 1.29 is 33.0 Å². The Labute approximate surface area is 196 Å². The molecule has 2 aliphatic heterocycles. The standard InChI is InChI=1S/C25H28F2N2O5/c1-33-22-15-28(11-10-25(22,34-2)16-6-4-3-5-7-16)23(30)20-14-29(24(31)32)13-19(20)18-9-8-17(26)12-21(18)27/h3-9,12,19-20,22H,10-11,13-15H2,1-2H3,(H,31,32)/t19-,20+,22-,25-/m0/s1. The lowest BCUT2D eigenvalue weighted by Crippen LogP contribution is -2.57. The van der Waals surface area contributed by atoms with Gasteiger partial charge in [0.15, 0.2) is 0 Å². The van der Waals surface area contributed by atoms with Gasteiger partial charge in [0.05, 0.1) is 12.5 Å². The van der Waals surface area contributed by atoms with Crippen molar-refractivity contribution in [2.75, 3.05) is 40.4 Å². The van der Waals surface area contributed by atoms with Gasteiger partial charge >= 0.3 is 6.09 Å². The molecule has 0 spiro atoms. The summed E-state index contributed by atoms with van der Waals surface area (Å²) in [5, 5.41) is 9.52. The fraction of sp³-hybridized carbons (Fsp3) is 0.440. The van der Waals surface area contributed by atoms with Crippen molar-refractivity contribution in [2.24, 2.45) is 5.92 Å². The summed E-state index contributed by atoms with van der Waals surface area (Å²) in [6.45, 7) is 0.504. The number of ether oxygens (including phenoxy) is 2. The third-order valence-corrected chi connectivity index (χ3v) is 7.15. The number of rotatable bonds is 5. The number of carbonyl (C=O) groups is 2. The first-order valence-electron chi connectivity index (χ1n) is 11.2. The van der Waals surface area contributed by atoms with Gasteiger partial charge in [-0.3, -0.25) is 4.79 Å². The SMILES string of the molecule is CO[C@H]1CN(C(=O)[C@@H]2CN(C(=O)O)C[C@H]2c2ccc(F)cc2F)CC[C@]1(OC)c1ccccc1. The molecule has 2 amide bonds. The number of carboxylic acid groups (broad SMARTS) is 1. The molecule has 0 radical (unpaired) electrons. The molecule has 2 heterocycles. The fourth-order valence-corrected chi connectivity index (χ4v) is 5.33. The van der Waals surface area contributed by atoms with Crippen molar-refractivity contribution in [3.63, 3.8) is 0 Å². The molecule has 0 unspecified atom stereocenters. The zero-order valence-electron chi connectivity index (χ0n) is 19.1. The zero-order valence-corrected chi connectivity index (χ0v) is 19.1. The Hall–Kier alpha value is -3.04. The van der Waals surface area contributed by atoms with Gasteiger partial charge in [0.2, 0.25) is 5.91 Å². The smallest absolute Gasteiger partial charge is 0.407 e. The minimum atomic E-state index is -1.18. The van der Waals surface area contributed by atoms with E-state index in [0.717, 1.165) is 22.6 Å². The van der Waals surface area contributed by atoms with Crippen molar-refractivity contribution >= 4 is 12.0 Å². The second-order valence-corrected chi connectivity index (χ2v) is 8.78. The zero-order chi connectivity index (χ0) is 24.5. The molecule has 0 aromatic heterocycles. The molecule has 4 rings (SSSR count). The van der Waals surface area contributed by atoms with Gasteiger partial charge in [-0.25, -0.2) is 13.6 Å². The number of hydrogen-bond acceptors (Lipinski definition) is 4. The first-order chi connectivity index (χ1) is 16.3. The quantitative estimate of drug-likeness (QED) is 0.718. The Morgan fingerprint density at radius 2 is 1.76 bits per heavy atom. The van der Waals surface area contributed by atoms with Crippen LogP contribution in [-0.4, -0.2) is 73.4 Å². The van der Waals surface area contributed by atoms with Gasteiger partial charge in [-0.15, -0.1) is 0 Å². The fourth-order valence-electron chi connectivity index (χ4n) is 5.33. The Balaban J connectivity index is 1.60. The second kappa shape index (κ2) is 9.68. The van der Waals surface area contributed by atoms with Gasteiger partial charge in [-0.05, 0) is 17.2 Å². The maximum Gasteiger partial charge on any atom is 0.407 e. The highest BCUT2D eigenvalue weighted by atomic mass is 19.1. The molecule has 2 aromatic rings. The van der Waals surface area contributed by atoms with E-state index >= 15 is 0 Å². The Morgan fingerprint density at radius 3 is 2.38 bits per heavy atom. The summed E-state index contributed by atoms with van der Waals surface area (Å²) in [4.78, 5) is 28.0. The number of methoxy groups -OCH3 is 2. The van der Waals surface area contributed by atoms with E-state index in [4.69, 9.17) is 9.47 Å². The summed E-state index contributed by atoms with van der Waals surface area (Å²) in [6, 6.07) is 12.8. The number of nitrogens with zero attached hydrogens (tertiary/aromatic N) is 2. The van der Waals surface area contributed by atoms with Crippen LogP contribution < -0.4 is 0 Å². The molecular formula is C25H28F2N2O5. The van der Waals surface area contributed by atoms with Crippen molar-refractivity contribution in [2.45, 2.75) is 24.0 Å². The molecule has 9 heteroatoms. The van der Waals surface area contributed by atoms with Crippen LogP contribution in [0, 0.1) is 17.6 Å². The van der Waals surface area contributed by atoms with Crippen LogP contribution >= 0.6 is 0 Å². The van der Waals surface area contributed by atoms with E-state index in [2.05, 4.69) is 0 Å². The van der Waals surface area contributed by atoms with E-state index in [9.17, 15) is 23.5 Å². The molecule has 0 aliphatic carbocycles. The minimum absolute atomic E-state index is 0.0398. The summed E-state index contributed by atoms with van der Waals surface area (Å²) in [5.74, 6) is -3.30.